The van der Waals surface area contributed by atoms with Gasteiger partial charge in [0.05, 0.1) is 19.4 Å². The number of morpholine rings is 1. The topological polar surface area (TPSA) is 96.8 Å². The summed E-state index contributed by atoms with van der Waals surface area (Å²) in [5, 5.41) is 7.18. The van der Waals surface area contributed by atoms with Crippen LogP contribution in [0.1, 0.15) is 11.1 Å². The summed E-state index contributed by atoms with van der Waals surface area (Å²) >= 11 is 0. The van der Waals surface area contributed by atoms with Crippen molar-refractivity contribution in [3.63, 3.8) is 0 Å². The third-order valence-electron chi connectivity index (χ3n) is 4.72. The van der Waals surface area contributed by atoms with Gasteiger partial charge in [-0.1, -0.05) is 29.8 Å². The van der Waals surface area contributed by atoms with Crippen molar-refractivity contribution in [2.45, 2.75) is 13.3 Å². The van der Waals surface area contributed by atoms with E-state index in [1.54, 1.807) is 6.21 Å². The van der Waals surface area contributed by atoms with Gasteiger partial charge in [0.15, 0.2) is 0 Å². The number of hydrazone groups is 1. The minimum absolute atomic E-state index is 0.203. The molecule has 178 valence electrons. The number of nitrogens with one attached hydrogen (secondary N) is 2. The fourth-order valence-corrected chi connectivity index (χ4v) is 3.06. The predicted molar refractivity (Wildman–Crippen MR) is 122 cm³/mol. The Labute approximate surface area is 193 Å². The van der Waals surface area contributed by atoms with Crippen molar-refractivity contribution < 1.29 is 22.6 Å². The lowest BCUT2D eigenvalue weighted by atomic mass is 10.2. The molecule has 0 radical (unpaired) electrons. The Morgan fingerprint density at radius 2 is 1.65 bits per heavy atom. The molecule has 0 aliphatic carbocycles. The molecule has 1 fully saturated rings. The van der Waals surface area contributed by atoms with Crippen LogP contribution in [0.3, 0.4) is 0 Å². The van der Waals surface area contributed by atoms with Gasteiger partial charge in [-0.25, -0.2) is 5.43 Å². The van der Waals surface area contributed by atoms with Crippen LogP contribution < -0.4 is 20.4 Å². The zero-order valence-electron chi connectivity index (χ0n) is 18.2. The Bertz CT molecular complexity index is 1120. The minimum Gasteiger partial charge on any atom is -0.406 e. The van der Waals surface area contributed by atoms with Crippen molar-refractivity contribution in [1.29, 1.82) is 0 Å². The Balaban J connectivity index is 1.52. The van der Waals surface area contributed by atoms with Crippen molar-refractivity contribution in [3.05, 3.63) is 59.7 Å². The minimum atomic E-state index is -4.75. The SMILES string of the molecule is Cc1ccc(/C=N/Nc2nc(Nc3ccc(OC(F)(F)F)cc3)nc(N3CCOCC3)n2)cc1. The first-order valence-electron chi connectivity index (χ1n) is 10.4. The van der Waals surface area contributed by atoms with Crippen molar-refractivity contribution >= 4 is 29.7 Å². The average Bonchev–Trinajstić information content (AvgIpc) is 2.81. The number of anilines is 4. The average molecular weight is 473 g/mol. The van der Waals surface area contributed by atoms with Crippen molar-refractivity contribution in [2.24, 2.45) is 5.10 Å². The number of halogens is 3. The Morgan fingerprint density at radius 3 is 2.32 bits per heavy atom. The van der Waals surface area contributed by atoms with Gasteiger partial charge in [-0.2, -0.15) is 20.1 Å². The maximum Gasteiger partial charge on any atom is 0.573 e. The molecular weight excluding hydrogens is 451 g/mol. The van der Waals surface area contributed by atoms with Crippen LogP contribution in [0.15, 0.2) is 53.6 Å². The lowest BCUT2D eigenvalue weighted by Gasteiger charge is -2.27. The van der Waals surface area contributed by atoms with Crippen LogP contribution in [0.2, 0.25) is 0 Å². The maximum atomic E-state index is 12.4. The van der Waals surface area contributed by atoms with Gasteiger partial charge in [0, 0.05) is 18.8 Å². The molecule has 12 heteroatoms. The van der Waals surface area contributed by atoms with E-state index in [1.165, 1.54) is 24.3 Å². The van der Waals surface area contributed by atoms with E-state index in [-0.39, 0.29) is 17.6 Å². The second kappa shape index (κ2) is 10.3. The fraction of sp³-hybridized carbons (Fsp3) is 0.273. The molecule has 1 aromatic heterocycles. The van der Waals surface area contributed by atoms with Gasteiger partial charge in [-0.15, -0.1) is 13.2 Å². The molecule has 34 heavy (non-hydrogen) atoms. The first kappa shape index (κ1) is 23.2. The smallest absolute Gasteiger partial charge is 0.406 e. The number of aryl methyl sites for hydroxylation is 1. The number of aromatic nitrogens is 3. The summed E-state index contributed by atoms with van der Waals surface area (Å²) in [6.45, 7) is 4.31. The van der Waals surface area contributed by atoms with E-state index in [2.05, 4.69) is 35.5 Å². The van der Waals surface area contributed by atoms with E-state index in [4.69, 9.17) is 4.74 Å². The molecule has 3 aromatic rings. The highest BCUT2D eigenvalue weighted by molar-refractivity contribution is 5.80. The van der Waals surface area contributed by atoms with Crippen molar-refractivity contribution in [2.75, 3.05) is 41.9 Å². The number of alkyl halides is 3. The molecule has 0 amide bonds. The summed E-state index contributed by atoms with van der Waals surface area (Å²) < 4.78 is 46.4. The standard InChI is InChI=1S/C22H22F3N7O2/c1-15-2-4-16(5-3-15)14-26-31-20-28-19(29-21(30-20)32-10-12-33-13-11-32)27-17-6-8-18(9-7-17)34-22(23,24)25/h2-9,14H,10-13H2,1H3,(H2,27,28,29,30,31)/b26-14+. The number of rotatable bonds is 7. The molecule has 0 atom stereocenters. The van der Waals surface area contributed by atoms with Gasteiger partial charge in [-0.05, 0) is 36.8 Å². The number of hydrogen-bond donors (Lipinski definition) is 2. The highest BCUT2D eigenvalue weighted by Crippen LogP contribution is 2.25. The molecule has 1 saturated heterocycles. The Kier molecular flexibility index (Phi) is 7.07. The molecule has 4 rings (SSSR count). The van der Waals surface area contributed by atoms with Crippen molar-refractivity contribution in [1.82, 2.24) is 15.0 Å². The van der Waals surface area contributed by atoms with E-state index in [1.807, 2.05) is 36.1 Å². The summed E-state index contributed by atoms with van der Waals surface area (Å²) in [6, 6.07) is 13.1. The van der Waals surface area contributed by atoms with Crippen molar-refractivity contribution in [3.8, 4) is 5.75 Å². The normalized spacial score (nSPS) is 14.3. The predicted octanol–water partition coefficient (Wildman–Crippen LogP) is 4.10. The molecular formula is C22H22F3N7O2. The monoisotopic (exact) mass is 473 g/mol. The molecule has 1 aliphatic heterocycles. The number of nitrogens with zero attached hydrogens (tertiary/aromatic N) is 5. The molecule has 2 aromatic carbocycles. The van der Waals surface area contributed by atoms with Crippen LogP contribution in [0.4, 0.5) is 36.7 Å². The van der Waals surface area contributed by atoms with Crippen LogP contribution >= 0.6 is 0 Å². The summed E-state index contributed by atoms with van der Waals surface area (Å²) in [6.07, 6.45) is -3.11. The zero-order chi connectivity index (χ0) is 24.0. The van der Waals surface area contributed by atoms with Gasteiger partial charge in [0.25, 0.3) is 0 Å². The molecule has 2 heterocycles. The number of benzene rings is 2. The van der Waals surface area contributed by atoms with Gasteiger partial charge in [0.2, 0.25) is 17.8 Å². The van der Waals surface area contributed by atoms with E-state index >= 15 is 0 Å². The van der Waals surface area contributed by atoms with Gasteiger partial charge < -0.3 is 19.7 Å². The first-order chi connectivity index (χ1) is 16.3. The Hall–Kier alpha value is -3.93. The Morgan fingerprint density at radius 1 is 0.971 bits per heavy atom. The zero-order valence-corrected chi connectivity index (χ0v) is 18.2. The molecule has 2 N–H and O–H groups in total. The number of hydrogen-bond acceptors (Lipinski definition) is 9. The molecule has 9 nitrogen and oxygen atoms in total. The third kappa shape index (κ3) is 6.78. The summed E-state index contributed by atoms with van der Waals surface area (Å²) in [5.41, 5.74) is 5.34. The van der Waals surface area contributed by atoms with Gasteiger partial charge in [-0.3, -0.25) is 0 Å². The largest absolute Gasteiger partial charge is 0.573 e. The molecule has 0 unspecified atom stereocenters. The third-order valence-corrected chi connectivity index (χ3v) is 4.72. The lowest BCUT2D eigenvalue weighted by molar-refractivity contribution is -0.274. The van der Waals surface area contributed by atoms with E-state index < -0.39 is 6.36 Å². The second-order valence-corrected chi connectivity index (χ2v) is 7.36. The molecule has 0 saturated carbocycles. The second-order valence-electron chi connectivity index (χ2n) is 7.36. The van der Waals surface area contributed by atoms with E-state index in [0.717, 1.165) is 11.1 Å². The summed E-state index contributed by atoms with van der Waals surface area (Å²) in [5.74, 6) is 0.509. The molecule has 0 spiro atoms. The lowest BCUT2D eigenvalue weighted by Crippen LogP contribution is -2.37. The highest BCUT2D eigenvalue weighted by atomic mass is 19.4. The molecule has 0 bridgehead atoms. The van der Waals surface area contributed by atoms with E-state index in [9.17, 15) is 13.2 Å². The van der Waals surface area contributed by atoms with Crippen LogP contribution in [0.5, 0.6) is 5.75 Å². The van der Waals surface area contributed by atoms with Crippen LogP contribution in [0, 0.1) is 6.92 Å². The van der Waals surface area contributed by atoms with E-state index in [0.29, 0.717) is 37.9 Å². The fourth-order valence-electron chi connectivity index (χ4n) is 3.06. The highest BCUT2D eigenvalue weighted by Gasteiger charge is 2.31. The number of ether oxygens (including phenoxy) is 2. The molecule has 1 aliphatic rings. The van der Waals surface area contributed by atoms with Gasteiger partial charge >= 0.3 is 6.36 Å². The summed E-state index contributed by atoms with van der Waals surface area (Å²) in [7, 11) is 0. The van der Waals surface area contributed by atoms with Crippen LogP contribution in [-0.4, -0.2) is 53.8 Å². The van der Waals surface area contributed by atoms with Crippen LogP contribution in [-0.2, 0) is 4.74 Å². The van der Waals surface area contributed by atoms with Crippen LogP contribution in [0.25, 0.3) is 0 Å². The first-order valence-corrected chi connectivity index (χ1v) is 10.4. The summed E-state index contributed by atoms with van der Waals surface area (Å²) in [4.78, 5) is 15.2. The quantitative estimate of drug-likeness (QED) is 0.391. The maximum absolute atomic E-state index is 12.4. The van der Waals surface area contributed by atoms with Gasteiger partial charge in [0.1, 0.15) is 5.75 Å².